The summed E-state index contributed by atoms with van der Waals surface area (Å²) in [5, 5.41) is 11.5. The van der Waals surface area contributed by atoms with Crippen molar-refractivity contribution in [1.82, 2.24) is 4.90 Å². The topological polar surface area (TPSA) is 65.4 Å². The van der Waals surface area contributed by atoms with Gasteiger partial charge in [-0.1, -0.05) is 29.8 Å². The highest BCUT2D eigenvalue weighted by Crippen LogP contribution is 2.48. The summed E-state index contributed by atoms with van der Waals surface area (Å²) in [5.41, 5.74) is -0.251. The number of aryl methyl sites for hydroxylation is 1. The molecule has 2 aliphatic heterocycles. The van der Waals surface area contributed by atoms with Crippen LogP contribution in [-0.4, -0.2) is 42.1 Å². The number of carboxylic acid groups (broad SMARTS) is 1. The molecule has 1 aromatic heterocycles. The summed E-state index contributed by atoms with van der Waals surface area (Å²) in [5.74, 6) is -0.698. The number of piperidine rings is 1. The molecule has 1 saturated heterocycles. The van der Waals surface area contributed by atoms with Gasteiger partial charge in [0.2, 0.25) is 5.96 Å². The first-order valence-electron chi connectivity index (χ1n) is 12.4. The second-order valence-electron chi connectivity index (χ2n) is 9.77. The molecule has 0 radical (unpaired) electrons. The minimum Gasteiger partial charge on any atom is -0.495 e. The molecule has 0 spiro atoms. The van der Waals surface area contributed by atoms with Crippen molar-refractivity contribution in [3.8, 4) is 5.75 Å². The van der Waals surface area contributed by atoms with E-state index in [-0.39, 0.29) is 49.7 Å². The van der Waals surface area contributed by atoms with Crippen LogP contribution in [-0.2, 0) is 16.6 Å². The summed E-state index contributed by atoms with van der Waals surface area (Å²) < 4.78 is 62.7. The van der Waals surface area contributed by atoms with Gasteiger partial charge in [0.25, 0.3) is 0 Å². The molecule has 6 nitrogen and oxygen atoms in total. The van der Waals surface area contributed by atoms with Crippen LogP contribution in [0.5, 0.6) is 5.75 Å². The molecule has 206 valence electrons. The molecule has 2 aliphatic rings. The summed E-state index contributed by atoms with van der Waals surface area (Å²) in [6.07, 6.45) is -4.72. The zero-order valence-corrected chi connectivity index (χ0v) is 22.2. The van der Waals surface area contributed by atoms with Gasteiger partial charge < -0.3 is 14.7 Å². The first-order chi connectivity index (χ1) is 18.5. The van der Waals surface area contributed by atoms with Crippen LogP contribution in [0.2, 0.25) is 0 Å². The van der Waals surface area contributed by atoms with Crippen molar-refractivity contribution in [2.75, 3.05) is 25.1 Å². The standard InChI is InChI=1S/C28H27F4N3O3S/c1-17-3-5-18(6-4-17)27(29)10-12-34(13-11-27)26-33-20-9-14-39-25(20)22(16-24(36)37)35(26)21-15-19(28(30,31)32)7-8-23(21)38-2/h3-9,14-15,22H,10-13,16H2,1-2H3,(H,36,37). The first kappa shape index (κ1) is 27.0. The fourth-order valence-electron chi connectivity index (χ4n) is 5.18. The highest BCUT2D eigenvalue weighted by molar-refractivity contribution is 7.10. The molecule has 2 aromatic carbocycles. The van der Waals surface area contributed by atoms with Crippen LogP contribution in [0.15, 0.2) is 58.9 Å². The highest BCUT2D eigenvalue weighted by Gasteiger charge is 2.43. The predicted octanol–water partition coefficient (Wildman–Crippen LogP) is 7.07. The minimum atomic E-state index is -4.63. The van der Waals surface area contributed by atoms with Crippen molar-refractivity contribution in [2.24, 2.45) is 4.99 Å². The van der Waals surface area contributed by atoms with Crippen molar-refractivity contribution in [3.63, 3.8) is 0 Å². The number of hydrogen-bond acceptors (Lipinski definition) is 6. The maximum Gasteiger partial charge on any atom is 0.416 e. The summed E-state index contributed by atoms with van der Waals surface area (Å²) in [6.45, 7) is 2.40. The van der Waals surface area contributed by atoms with Gasteiger partial charge in [-0.25, -0.2) is 9.38 Å². The van der Waals surface area contributed by atoms with Gasteiger partial charge in [0.15, 0.2) is 0 Å². The van der Waals surface area contributed by atoms with Crippen molar-refractivity contribution in [3.05, 3.63) is 75.5 Å². The zero-order chi connectivity index (χ0) is 27.9. The van der Waals surface area contributed by atoms with Crippen LogP contribution in [0.25, 0.3) is 0 Å². The Balaban J connectivity index is 1.58. The normalized spacial score (nSPS) is 18.9. The van der Waals surface area contributed by atoms with Crippen molar-refractivity contribution in [1.29, 1.82) is 0 Å². The number of hydrogen-bond donors (Lipinski definition) is 1. The number of carbonyl (C=O) groups is 1. The quantitative estimate of drug-likeness (QED) is 0.338. The molecule has 0 amide bonds. The van der Waals surface area contributed by atoms with Gasteiger partial charge in [0, 0.05) is 25.9 Å². The molecule has 39 heavy (non-hydrogen) atoms. The summed E-state index contributed by atoms with van der Waals surface area (Å²) in [6, 6.07) is 11.3. The van der Waals surface area contributed by atoms with E-state index >= 15 is 4.39 Å². The Kier molecular flexibility index (Phi) is 7.04. The fraction of sp³-hybridized carbons (Fsp3) is 0.357. The van der Waals surface area contributed by atoms with Crippen LogP contribution in [0.1, 0.15) is 46.9 Å². The lowest BCUT2D eigenvalue weighted by atomic mass is 9.86. The van der Waals surface area contributed by atoms with E-state index in [0.717, 1.165) is 17.7 Å². The summed E-state index contributed by atoms with van der Waals surface area (Å²) in [7, 11) is 1.34. The van der Waals surface area contributed by atoms with Gasteiger partial charge >= 0.3 is 12.1 Å². The second-order valence-corrected chi connectivity index (χ2v) is 10.7. The maximum atomic E-state index is 16.0. The molecule has 1 unspecified atom stereocenters. The Morgan fingerprint density at radius 1 is 1.15 bits per heavy atom. The lowest BCUT2D eigenvalue weighted by Gasteiger charge is -2.45. The molecule has 3 heterocycles. The highest BCUT2D eigenvalue weighted by atomic mass is 32.1. The molecule has 5 rings (SSSR count). The number of ether oxygens (including phenoxy) is 1. The van der Waals surface area contributed by atoms with Crippen LogP contribution < -0.4 is 9.64 Å². The number of halogens is 4. The number of nitrogens with zero attached hydrogens (tertiary/aromatic N) is 3. The summed E-state index contributed by atoms with van der Waals surface area (Å²) >= 11 is 1.29. The number of aliphatic carboxylic acids is 1. The Morgan fingerprint density at radius 3 is 2.46 bits per heavy atom. The van der Waals surface area contributed by atoms with Crippen LogP contribution in [0.4, 0.5) is 28.9 Å². The van der Waals surface area contributed by atoms with Crippen molar-refractivity contribution >= 4 is 34.6 Å². The third-order valence-electron chi connectivity index (χ3n) is 7.27. The average molecular weight is 562 g/mol. The van der Waals surface area contributed by atoms with Gasteiger partial charge in [-0.3, -0.25) is 9.69 Å². The number of benzene rings is 2. The lowest BCUT2D eigenvalue weighted by Crippen LogP contribution is -2.52. The second kappa shape index (κ2) is 10.2. The molecular formula is C28H27F4N3O3S. The number of rotatable bonds is 5. The van der Waals surface area contributed by atoms with E-state index in [0.29, 0.717) is 16.1 Å². The third-order valence-corrected chi connectivity index (χ3v) is 8.27. The molecule has 0 aliphatic carbocycles. The van der Waals surface area contributed by atoms with Crippen LogP contribution in [0.3, 0.4) is 0 Å². The van der Waals surface area contributed by atoms with E-state index in [4.69, 9.17) is 9.73 Å². The number of methoxy groups -OCH3 is 1. The number of likely N-dealkylation sites (tertiary alicyclic amines) is 1. The third kappa shape index (κ3) is 5.19. The molecule has 1 fully saturated rings. The number of thiophene rings is 1. The Morgan fingerprint density at radius 2 is 1.85 bits per heavy atom. The molecule has 1 N–H and O–H groups in total. The number of anilines is 1. The Labute approximate surface area is 227 Å². The predicted molar refractivity (Wildman–Crippen MR) is 142 cm³/mol. The van der Waals surface area contributed by atoms with Crippen LogP contribution >= 0.6 is 11.3 Å². The minimum absolute atomic E-state index is 0.0481. The number of alkyl halides is 4. The van der Waals surface area contributed by atoms with Crippen molar-refractivity contribution < 1.29 is 32.2 Å². The largest absolute Gasteiger partial charge is 0.495 e. The van der Waals surface area contributed by atoms with E-state index in [1.807, 2.05) is 24.0 Å². The van der Waals surface area contributed by atoms with E-state index in [9.17, 15) is 23.1 Å². The number of aliphatic imine (C=N–C) groups is 1. The lowest BCUT2D eigenvalue weighted by molar-refractivity contribution is -0.138. The Hall–Kier alpha value is -3.60. The maximum absolute atomic E-state index is 16.0. The zero-order valence-electron chi connectivity index (χ0n) is 21.3. The number of fused-ring (bicyclic) bond motifs is 1. The van der Waals surface area contributed by atoms with Crippen molar-refractivity contribution in [2.45, 2.75) is 44.1 Å². The number of carboxylic acids is 1. The van der Waals surface area contributed by atoms with Gasteiger partial charge in [-0.05, 0) is 42.1 Å². The first-order valence-corrected chi connectivity index (χ1v) is 13.3. The molecule has 3 aromatic rings. The fourth-order valence-corrected chi connectivity index (χ4v) is 6.10. The smallest absolute Gasteiger partial charge is 0.416 e. The summed E-state index contributed by atoms with van der Waals surface area (Å²) in [4.78, 5) is 20.7. The van der Waals surface area contributed by atoms with E-state index < -0.39 is 29.4 Å². The average Bonchev–Trinajstić information content (AvgIpc) is 3.37. The SMILES string of the molecule is COc1ccc(C(F)(F)F)cc1N1C(N2CCC(F)(c3ccc(C)cc3)CC2)=Nc2ccsc2C1CC(=O)O. The number of guanidine groups is 1. The van der Waals surface area contributed by atoms with Gasteiger partial charge in [-0.2, -0.15) is 13.2 Å². The molecule has 0 saturated carbocycles. The van der Waals surface area contributed by atoms with E-state index in [2.05, 4.69) is 0 Å². The van der Waals surface area contributed by atoms with Crippen LogP contribution in [0, 0.1) is 6.92 Å². The van der Waals surface area contributed by atoms with Gasteiger partial charge in [0.1, 0.15) is 11.4 Å². The van der Waals surface area contributed by atoms with E-state index in [1.54, 1.807) is 23.6 Å². The van der Waals surface area contributed by atoms with Gasteiger partial charge in [-0.15, -0.1) is 11.3 Å². The molecule has 0 bridgehead atoms. The molecule has 1 atom stereocenters. The van der Waals surface area contributed by atoms with E-state index in [1.165, 1.54) is 29.4 Å². The monoisotopic (exact) mass is 561 g/mol. The Bertz CT molecular complexity index is 1400. The van der Waals surface area contributed by atoms with Gasteiger partial charge in [0.05, 0.1) is 41.4 Å². The molecule has 11 heteroatoms. The molecular weight excluding hydrogens is 534 g/mol.